The second-order valence-corrected chi connectivity index (χ2v) is 6.80. The minimum absolute atomic E-state index is 0.000335. The number of amides is 1. The first-order valence-corrected chi connectivity index (χ1v) is 9.48. The van der Waals surface area contributed by atoms with Crippen LogP contribution in [0.2, 0.25) is 0 Å². The van der Waals surface area contributed by atoms with Crippen molar-refractivity contribution >= 4 is 35.0 Å². The number of carboxylic acid groups (broad SMARTS) is 1. The molecule has 154 valence electrons. The second-order valence-electron chi connectivity index (χ2n) is 6.80. The molecule has 1 aromatic carbocycles. The number of hydrogen-bond acceptors (Lipinski definition) is 7. The van der Waals surface area contributed by atoms with Crippen LogP contribution in [-0.4, -0.2) is 53.7 Å². The lowest BCUT2D eigenvalue weighted by Crippen LogP contribution is -2.48. The van der Waals surface area contributed by atoms with Gasteiger partial charge in [-0.2, -0.15) is 4.98 Å². The van der Waals surface area contributed by atoms with E-state index in [4.69, 9.17) is 9.84 Å². The summed E-state index contributed by atoms with van der Waals surface area (Å²) in [6.45, 7) is 4.45. The maximum Gasteiger partial charge on any atom is 0.335 e. The van der Waals surface area contributed by atoms with E-state index in [0.29, 0.717) is 28.9 Å². The van der Waals surface area contributed by atoms with Crippen molar-refractivity contribution in [2.75, 3.05) is 35.8 Å². The number of hydrogen-bond donors (Lipinski definition) is 2. The zero-order valence-electron chi connectivity index (χ0n) is 17.0. The molecule has 2 aromatic rings. The Balaban J connectivity index is 1.98. The van der Waals surface area contributed by atoms with Gasteiger partial charge >= 0.3 is 5.97 Å². The summed E-state index contributed by atoms with van der Waals surface area (Å²) in [4.78, 5) is 36.2. The number of carbonyl (C=O) groups excluding carboxylic acids is 1. The minimum Gasteiger partial charge on any atom is -0.495 e. The van der Waals surface area contributed by atoms with E-state index in [-0.39, 0.29) is 24.1 Å². The summed E-state index contributed by atoms with van der Waals surface area (Å²) in [5, 5.41) is 12.2. The van der Waals surface area contributed by atoms with Crippen LogP contribution in [0.4, 0.5) is 23.1 Å². The molecule has 0 radical (unpaired) electrons. The summed E-state index contributed by atoms with van der Waals surface area (Å²) in [5.41, 5.74) is 1.33. The fourth-order valence-corrected chi connectivity index (χ4v) is 3.42. The third kappa shape index (κ3) is 3.94. The number of anilines is 4. The SMILES string of the molecule is CCC(CC)N1CC(=O)N(C)c2cnc(Nc3ccc(C(=O)O)cc3OC)nc21. The van der Waals surface area contributed by atoms with E-state index >= 15 is 0 Å². The van der Waals surface area contributed by atoms with E-state index in [1.807, 2.05) is 4.90 Å². The van der Waals surface area contributed by atoms with E-state index in [9.17, 15) is 9.59 Å². The number of methoxy groups -OCH3 is 1. The Morgan fingerprint density at radius 3 is 2.69 bits per heavy atom. The molecule has 9 heteroatoms. The Morgan fingerprint density at radius 1 is 1.34 bits per heavy atom. The summed E-state index contributed by atoms with van der Waals surface area (Å²) in [5.74, 6) is 0.367. The zero-order chi connectivity index (χ0) is 21.1. The number of carboxylic acids is 1. The average molecular weight is 399 g/mol. The molecule has 1 aromatic heterocycles. The first kappa shape index (κ1) is 20.4. The van der Waals surface area contributed by atoms with Gasteiger partial charge in [0.1, 0.15) is 11.4 Å². The number of ether oxygens (including phenoxy) is 1. The first-order valence-electron chi connectivity index (χ1n) is 9.48. The average Bonchev–Trinajstić information content (AvgIpc) is 2.72. The van der Waals surface area contributed by atoms with Crippen LogP contribution in [0.3, 0.4) is 0 Å². The van der Waals surface area contributed by atoms with E-state index in [0.717, 1.165) is 12.8 Å². The molecule has 0 saturated carbocycles. The highest BCUT2D eigenvalue weighted by molar-refractivity contribution is 6.02. The largest absolute Gasteiger partial charge is 0.495 e. The van der Waals surface area contributed by atoms with Gasteiger partial charge in [0, 0.05) is 13.1 Å². The molecule has 0 atom stereocenters. The summed E-state index contributed by atoms with van der Waals surface area (Å²) in [7, 11) is 3.19. The molecule has 2 heterocycles. The number of benzene rings is 1. The number of aromatic nitrogens is 2. The van der Waals surface area contributed by atoms with Gasteiger partial charge in [-0.15, -0.1) is 0 Å². The summed E-state index contributed by atoms with van der Waals surface area (Å²) in [6, 6.07) is 4.72. The Kier molecular flexibility index (Phi) is 5.86. The highest BCUT2D eigenvalue weighted by Crippen LogP contribution is 2.35. The molecule has 9 nitrogen and oxygen atoms in total. The van der Waals surface area contributed by atoms with Gasteiger partial charge in [0.25, 0.3) is 0 Å². The van der Waals surface area contributed by atoms with Gasteiger partial charge in [0.15, 0.2) is 5.82 Å². The van der Waals surface area contributed by atoms with Crippen molar-refractivity contribution < 1.29 is 19.4 Å². The second kappa shape index (κ2) is 8.34. The van der Waals surface area contributed by atoms with Crippen LogP contribution in [0.15, 0.2) is 24.4 Å². The molecule has 1 aliphatic heterocycles. The molecule has 29 heavy (non-hydrogen) atoms. The van der Waals surface area contributed by atoms with E-state index < -0.39 is 5.97 Å². The highest BCUT2D eigenvalue weighted by atomic mass is 16.5. The van der Waals surface area contributed by atoms with Gasteiger partial charge in [-0.25, -0.2) is 9.78 Å². The van der Waals surface area contributed by atoms with Crippen LogP contribution in [-0.2, 0) is 4.79 Å². The van der Waals surface area contributed by atoms with E-state index in [1.54, 1.807) is 24.2 Å². The van der Waals surface area contributed by atoms with Crippen LogP contribution in [0.5, 0.6) is 5.75 Å². The lowest BCUT2D eigenvalue weighted by atomic mass is 10.1. The van der Waals surface area contributed by atoms with Crippen LogP contribution >= 0.6 is 0 Å². The van der Waals surface area contributed by atoms with Crippen molar-refractivity contribution in [3.05, 3.63) is 30.0 Å². The molecular weight excluding hydrogens is 374 g/mol. The molecule has 2 N–H and O–H groups in total. The van der Waals surface area contributed by atoms with Gasteiger partial charge in [0.05, 0.1) is 31.1 Å². The van der Waals surface area contributed by atoms with E-state index in [2.05, 4.69) is 29.1 Å². The monoisotopic (exact) mass is 399 g/mol. The lowest BCUT2D eigenvalue weighted by Gasteiger charge is -2.38. The fraction of sp³-hybridized carbons (Fsp3) is 0.400. The fourth-order valence-electron chi connectivity index (χ4n) is 3.42. The molecule has 0 unspecified atom stereocenters. The lowest BCUT2D eigenvalue weighted by molar-refractivity contribution is -0.117. The van der Waals surface area contributed by atoms with E-state index in [1.165, 1.54) is 19.2 Å². The number of carbonyl (C=O) groups is 2. The maximum atomic E-state index is 12.4. The molecule has 0 aliphatic carbocycles. The summed E-state index contributed by atoms with van der Waals surface area (Å²) < 4.78 is 5.30. The smallest absolute Gasteiger partial charge is 0.335 e. The van der Waals surface area contributed by atoms with Gasteiger partial charge in [-0.3, -0.25) is 4.79 Å². The topological polar surface area (TPSA) is 108 Å². The predicted octanol–water partition coefficient (Wildman–Crippen LogP) is 2.90. The Hall–Kier alpha value is -3.36. The number of aromatic carboxylic acids is 1. The van der Waals surface area contributed by atoms with Crippen LogP contribution in [0, 0.1) is 0 Å². The van der Waals surface area contributed by atoms with Crippen LogP contribution < -0.4 is 19.9 Å². The van der Waals surface area contributed by atoms with Crippen molar-refractivity contribution in [2.24, 2.45) is 0 Å². The number of fused-ring (bicyclic) bond motifs is 1. The quantitative estimate of drug-likeness (QED) is 0.732. The summed E-state index contributed by atoms with van der Waals surface area (Å²) >= 11 is 0. The number of nitrogens with zero attached hydrogens (tertiary/aromatic N) is 4. The molecule has 0 spiro atoms. The standard InChI is InChI=1S/C20H25N5O4/c1-5-13(6-2)25-11-17(26)24(3)15-10-21-20(23-18(15)25)22-14-8-7-12(19(27)28)9-16(14)29-4/h7-10,13H,5-6,11H2,1-4H3,(H,27,28)(H,21,22,23). The molecule has 3 rings (SSSR count). The molecule has 1 amide bonds. The zero-order valence-corrected chi connectivity index (χ0v) is 17.0. The molecule has 1 aliphatic rings. The Labute approximate surface area is 169 Å². The van der Waals surface area contributed by atoms with Crippen molar-refractivity contribution in [3.63, 3.8) is 0 Å². The van der Waals surface area contributed by atoms with Gasteiger partial charge in [0.2, 0.25) is 11.9 Å². The first-order chi connectivity index (χ1) is 13.9. The van der Waals surface area contributed by atoms with Gasteiger partial charge in [-0.05, 0) is 31.0 Å². The molecule has 0 saturated heterocycles. The number of nitrogens with one attached hydrogen (secondary N) is 1. The number of likely N-dealkylation sites (N-methyl/N-ethyl adjacent to an activating group) is 1. The highest BCUT2D eigenvalue weighted by Gasteiger charge is 2.32. The van der Waals surface area contributed by atoms with Crippen molar-refractivity contribution in [2.45, 2.75) is 32.7 Å². The number of rotatable bonds is 7. The Morgan fingerprint density at radius 2 is 2.07 bits per heavy atom. The van der Waals surface area contributed by atoms with Crippen molar-refractivity contribution in [1.29, 1.82) is 0 Å². The molecule has 0 fully saturated rings. The van der Waals surface area contributed by atoms with Crippen molar-refractivity contribution in [1.82, 2.24) is 9.97 Å². The Bertz CT molecular complexity index is 929. The van der Waals surface area contributed by atoms with Gasteiger partial charge in [-0.1, -0.05) is 13.8 Å². The maximum absolute atomic E-state index is 12.4. The predicted molar refractivity (Wildman–Crippen MR) is 110 cm³/mol. The van der Waals surface area contributed by atoms with Gasteiger partial charge < -0.3 is 25.0 Å². The third-order valence-electron chi connectivity index (χ3n) is 5.14. The summed E-state index contributed by atoms with van der Waals surface area (Å²) in [6.07, 6.45) is 3.41. The minimum atomic E-state index is -1.03. The third-order valence-corrected chi connectivity index (χ3v) is 5.14. The van der Waals surface area contributed by atoms with Crippen LogP contribution in [0.1, 0.15) is 37.0 Å². The van der Waals surface area contributed by atoms with Crippen molar-refractivity contribution in [3.8, 4) is 5.75 Å². The molecule has 0 bridgehead atoms. The molecular formula is C20H25N5O4. The normalized spacial score (nSPS) is 13.5. The van der Waals surface area contributed by atoms with Crippen LogP contribution in [0.25, 0.3) is 0 Å².